The molecule has 268 valence electrons. The molecule has 9 nitrogen and oxygen atoms in total. The molecule has 9 heteroatoms. The minimum atomic E-state index is -1.26. The maximum atomic E-state index is 12.4. The van der Waals surface area contributed by atoms with Gasteiger partial charge in [-0.15, -0.1) is 0 Å². The second-order valence-corrected chi connectivity index (χ2v) is 18.7. The molecule has 0 aromatic rings. The molecule has 47 heavy (non-hydrogen) atoms. The number of rotatable bonds is 5. The molecule has 7 fully saturated rings. The SMILES string of the molecule is CC1CC(C(O)C(C)(C)O)OC2C1C1(C)CCCC34CCC(OC5CN(C6CCNC6=O)CCO5)C(C)(C)C3CCC(C4)C1(C)C2O. The monoisotopic (exact) mass is 660 g/mol. The molecule has 14 unspecified atom stereocenters. The third-order valence-corrected chi connectivity index (χ3v) is 15.8. The summed E-state index contributed by atoms with van der Waals surface area (Å²) in [6.45, 7) is 18.0. The summed E-state index contributed by atoms with van der Waals surface area (Å²) in [5, 5.41) is 37.0. The van der Waals surface area contributed by atoms with Gasteiger partial charge in [0.15, 0.2) is 6.29 Å². The Morgan fingerprint density at radius 1 is 1.09 bits per heavy atom. The minimum absolute atomic E-state index is 0.0106. The van der Waals surface area contributed by atoms with Crippen LogP contribution in [0.2, 0.25) is 0 Å². The highest BCUT2D eigenvalue weighted by atomic mass is 16.7. The van der Waals surface area contributed by atoms with Gasteiger partial charge in [-0.2, -0.15) is 0 Å². The third-order valence-electron chi connectivity index (χ3n) is 15.8. The van der Waals surface area contributed by atoms with Crippen molar-refractivity contribution in [2.24, 2.45) is 45.3 Å². The van der Waals surface area contributed by atoms with E-state index in [1.54, 1.807) is 13.8 Å². The summed E-state index contributed by atoms with van der Waals surface area (Å²) < 4.78 is 19.7. The smallest absolute Gasteiger partial charge is 0.237 e. The molecule has 4 saturated carbocycles. The first kappa shape index (κ1) is 34.6. The highest BCUT2D eigenvalue weighted by Gasteiger charge is 2.72. The first-order valence-corrected chi connectivity index (χ1v) is 19.1. The van der Waals surface area contributed by atoms with Crippen molar-refractivity contribution in [3.63, 3.8) is 0 Å². The van der Waals surface area contributed by atoms with E-state index in [4.69, 9.17) is 14.2 Å². The molecule has 7 aliphatic rings. The fraction of sp³-hybridized carbons (Fsp3) is 0.974. The van der Waals surface area contributed by atoms with Gasteiger partial charge in [0.05, 0.1) is 49.2 Å². The lowest BCUT2D eigenvalue weighted by Gasteiger charge is -2.64. The third kappa shape index (κ3) is 5.29. The van der Waals surface area contributed by atoms with E-state index >= 15 is 0 Å². The van der Waals surface area contributed by atoms with Crippen molar-refractivity contribution in [2.75, 3.05) is 26.2 Å². The zero-order valence-corrected chi connectivity index (χ0v) is 30.2. The first-order chi connectivity index (χ1) is 22.0. The van der Waals surface area contributed by atoms with Gasteiger partial charge in [0.1, 0.15) is 6.10 Å². The zero-order chi connectivity index (χ0) is 33.7. The molecule has 1 amide bonds. The number of hydrogen-bond acceptors (Lipinski definition) is 8. The molecule has 14 atom stereocenters. The molecule has 0 radical (unpaired) electrons. The first-order valence-electron chi connectivity index (χ1n) is 19.1. The van der Waals surface area contributed by atoms with Crippen LogP contribution in [0.3, 0.4) is 0 Å². The van der Waals surface area contributed by atoms with E-state index in [-0.39, 0.29) is 63.9 Å². The number of amides is 1. The number of nitrogens with zero attached hydrogens (tertiary/aromatic N) is 1. The summed E-state index contributed by atoms with van der Waals surface area (Å²) in [5.41, 5.74) is -1.38. The lowest BCUT2D eigenvalue weighted by molar-refractivity contribution is -0.255. The van der Waals surface area contributed by atoms with Gasteiger partial charge in [-0.25, -0.2) is 0 Å². The van der Waals surface area contributed by atoms with E-state index in [0.717, 1.165) is 64.5 Å². The predicted octanol–water partition coefficient (Wildman–Crippen LogP) is 4.25. The zero-order valence-electron chi connectivity index (χ0n) is 30.2. The molecule has 0 aromatic carbocycles. The van der Waals surface area contributed by atoms with Crippen LogP contribution in [0.25, 0.3) is 0 Å². The van der Waals surface area contributed by atoms with Crippen LogP contribution in [0.4, 0.5) is 0 Å². The predicted molar refractivity (Wildman–Crippen MR) is 178 cm³/mol. The number of carbonyl (C=O) groups is 1. The lowest BCUT2D eigenvalue weighted by atomic mass is 9.41. The number of ether oxygens (including phenoxy) is 3. The number of morpholine rings is 1. The second-order valence-electron chi connectivity index (χ2n) is 18.7. The standard InChI is InChI=1S/C38H64N2O7/c1-22-19-25(31(41)35(4,5)44)46-30-29(22)36(6)13-8-14-38-15-11-27(47-28-21-40(17-18-45-28)24-12-16-39-33(24)43)34(2,3)26(38)10-9-23(20-38)37(36,7)32(30)42/h22-32,41-42,44H,8-21H2,1-7H3,(H,39,43). The van der Waals surface area contributed by atoms with Gasteiger partial charge in [-0.1, -0.05) is 41.0 Å². The Hall–Kier alpha value is -0.810. The van der Waals surface area contributed by atoms with E-state index in [0.29, 0.717) is 31.4 Å². The molecule has 2 bridgehead atoms. The summed E-state index contributed by atoms with van der Waals surface area (Å²) in [7, 11) is 0. The molecule has 7 rings (SSSR count). The Bertz CT molecular complexity index is 1190. The molecular formula is C38H64N2O7. The van der Waals surface area contributed by atoms with Crippen LogP contribution >= 0.6 is 0 Å². The molecule has 4 aliphatic carbocycles. The van der Waals surface area contributed by atoms with E-state index in [9.17, 15) is 20.1 Å². The molecule has 3 saturated heterocycles. The largest absolute Gasteiger partial charge is 0.390 e. The van der Waals surface area contributed by atoms with Crippen molar-refractivity contribution < 1.29 is 34.3 Å². The van der Waals surface area contributed by atoms with Crippen LogP contribution in [0, 0.1) is 45.3 Å². The molecular weight excluding hydrogens is 596 g/mol. The van der Waals surface area contributed by atoms with E-state index in [1.165, 1.54) is 6.42 Å². The number of aliphatic hydroxyl groups excluding tert-OH is 2. The highest BCUT2D eigenvalue weighted by Crippen LogP contribution is 2.73. The highest BCUT2D eigenvalue weighted by molar-refractivity contribution is 5.83. The van der Waals surface area contributed by atoms with E-state index in [1.807, 2.05) is 0 Å². The fourth-order valence-corrected chi connectivity index (χ4v) is 13.2. The average molecular weight is 661 g/mol. The number of aliphatic hydroxyl groups is 3. The van der Waals surface area contributed by atoms with Crippen molar-refractivity contribution >= 4 is 5.91 Å². The van der Waals surface area contributed by atoms with Crippen molar-refractivity contribution in [1.82, 2.24) is 10.2 Å². The summed E-state index contributed by atoms with van der Waals surface area (Å²) >= 11 is 0. The normalized spacial score (nSPS) is 50.8. The summed E-state index contributed by atoms with van der Waals surface area (Å²) in [4.78, 5) is 14.7. The van der Waals surface area contributed by atoms with Gasteiger partial charge in [0.25, 0.3) is 0 Å². The molecule has 3 heterocycles. The topological polar surface area (TPSA) is 121 Å². The fourth-order valence-electron chi connectivity index (χ4n) is 13.2. The Balaban J connectivity index is 1.09. The summed E-state index contributed by atoms with van der Waals surface area (Å²) in [6.07, 6.45) is 7.96. The van der Waals surface area contributed by atoms with E-state index < -0.39 is 23.9 Å². The molecule has 0 aromatic heterocycles. The number of fused-ring (bicyclic) bond motifs is 5. The van der Waals surface area contributed by atoms with Gasteiger partial charge < -0.3 is 34.8 Å². The van der Waals surface area contributed by atoms with Crippen LogP contribution in [-0.4, -0.2) is 101 Å². The van der Waals surface area contributed by atoms with Crippen molar-refractivity contribution in [1.29, 1.82) is 0 Å². The Morgan fingerprint density at radius 3 is 2.55 bits per heavy atom. The lowest BCUT2D eigenvalue weighted by Crippen LogP contribution is -2.60. The Kier molecular flexibility index (Phi) is 8.75. The van der Waals surface area contributed by atoms with Gasteiger partial charge in [0.2, 0.25) is 5.91 Å². The van der Waals surface area contributed by atoms with E-state index in [2.05, 4.69) is 44.8 Å². The molecule has 1 spiro atoms. The van der Waals surface area contributed by atoms with Crippen molar-refractivity contribution in [3.05, 3.63) is 0 Å². The number of nitrogens with one attached hydrogen (secondary N) is 1. The van der Waals surface area contributed by atoms with Gasteiger partial charge in [-0.3, -0.25) is 9.69 Å². The quantitative estimate of drug-likeness (QED) is 0.346. The summed E-state index contributed by atoms with van der Waals surface area (Å²) in [5.74, 6) is 1.59. The van der Waals surface area contributed by atoms with Crippen LogP contribution < -0.4 is 5.32 Å². The molecule has 3 aliphatic heterocycles. The maximum Gasteiger partial charge on any atom is 0.237 e. The number of hydrogen-bond donors (Lipinski definition) is 4. The second kappa shape index (κ2) is 11.9. The van der Waals surface area contributed by atoms with Crippen LogP contribution in [0.1, 0.15) is 113 Å². The Labute approximate surface area is 282 Å². The average Bonchev–Trinajstić information content (AvgIpc) is 3.51. The van der Waals surface area contributed by atoms with Gasteiger partial charge in [-0.05, 0) is 112 Å². The Morgan fingerprint density at radius 2 is 1.85 bits per heavy atom. The van der Waals surface area contributed by atoms with Gasteiger partial charge >= 0.3 is 0 Å². The van der Waals surface area contributed by atoms with Gasteiger partial charge in [0, 0.05) is 18.5 Å². The van der Waals surface area contributed by atoms with Crippen LogP contribution in [0.15, 0.2) is 0 Å². The van der Waals surface area contributed by atoms with Crippen LogP contribution in [-0.2, 0) is 19.0 Å². The minimum Gasteiger partial charge on any atom is -0.390 e. The van der Waals surface area contributed by atoms with Crippen molar-refractivity contribution in [2.45, 2.75) is 161 Å². The summed E-state index contributed by atoms with van der Waals surface area (Å²) in [6, 6.07) is -0.0643. The number of carbonyl (C=O) groups excluding carboxylic acids is 1. The maximum absolute atomic E-state index is 12.4. The van der Waals surface area contributed by atoms with Crippen molar-refractivity contribution in [3.8, 4) is 0 Å². The molecule has 4 N–H and O–H groups in total. The van der Waals surface area contributed by atoms with Crippen LogP contribution in [0.5, 0.6) is 0 Å².